The van der Waals surface area contributed by atoms with Crippen LogP contribution in [-0.4, -0.2) is 11.1 Å². The number of nitrogens with two attached hydrogens (primary N) is 1. The minimum Gasteiger partial charge on any atom is -0.478 e. The summed E-state index contributed by atoms with van der Waals surface area (Å²) in [6.45, 7) is 3.70. The van der Waals surface area contributed by atoms with Gasteiger partial charge in [-0.1, -0.05) is 18.2 Å². The van der Waals surface area contributed by atoms with E-state index >= 15 is 0 Å². The first-order chi connectivity index (χ1) is 12.9. The summed E-state index contributed by atoms with van der Waals surface area (Å²) in [5.41, 5.74) is 11.1. The fourth-order valence-electron chi connectivity index (χ4n) is 3.48. The van der Waals surface area contributed by atoms with Crippen molar-refractivity contribution in [3.8, 4) is 22.5 Å². The summed E-state index contributed by atoms with van der Waals surface area (Å²) in [5, 5.41) is 19.0. The van der Waals surface area contributed by atoms with E-state index < -0.39 is 5.97 Å². The molecule has 2 aliphatic rings. The molecule has 5 heteroatoms. The molecule has 2 aromatic carbocycles. The van der Waals surface area contributed by atoms with Gasteiger partial charge >= 0.3 is 5.97 Å². The first-order valence-corrected chi connectivity index (χ1v) is 8.52. The summed E-state index contributed by atoms with van der Waals surface area (Å²) in [7, 11) is 0. The molecule has 0 bridgehead atoms. The van der Waals surface area contributed by atoms with E-state index in [1.165, 1.54) is 0 Å². The van der Waals surface area contributed by atoms with Crippen LogP contribution in [-0.2, 0) is 0 Å². The third kappa shape index (κ3) is 2.47. The van der Waals surface area contributed by atoms with E-state index in [0.29, 0.717) is 33.5 Å². The average Bonchev–Trinajstić information content (AvgIpc) is 2.66. The SMILES string of the molecule is Cc1c2oc3c(C)c(N)ccc3c(-c3ccccc3C(=O)O)c-2ccc1=N. The fraction of sp³-hybridized carbons (Fsp3) is 0.0909. The second kappa shape index (κ2) is 5.99. The van der Waals surface area contributed by atoms with Crippen molar-refractivity contribution in [3.63, 3.8) is 0 Å². The van der Waals surface area contributed by atoms with Crippen molar-refractivity contribution in [3.05, 3.63) is 70.6 Å². The maximum absolute atomic E-state index is 11.8. The number of anilines is 1. The normalized spacial score (nSPS) is 11.2. The number of hydrogen-bond acceptors (Lipinski definition) is 4. The van der Waals surface area contributed by atoms with Gasteiger partial charge in [0.05, 0.1) is 10.9 Å². The Bertz CT molecular complexity index is 1250. The summed E-state index contributed by atoms with van der Waals surface area (Å²) in [6.07, 6.45) is 0. The zero-order valence-corrected chi connectivity index (χ0v) is 15.0. The Hall–Kier alpha value is -3.60. The van der Waals surface area contributed by atoms with Crippen LogP contribution in [0.25, 0.3) is 33.4 Å². The molecular formula is C22H18N2O3. The second-order valence-electron chi connectivity index (χ2n) is 6.60. The standard InChI is InChI=1S/C22H18N2O3/c1-11-17(23)9-7-15-19(13-5-3-4-6-14(13)22(25)26)16-8-10-18(24)12(2)21(16)27-20(11)15/h3-10,23H,24H2,1-2H3,(H,25,26). The third-order valence-electron chi connectivity index (χ3n) is 5.02. The molecule has 0 aromatic heterocycles. The highest BCUT2D eigenvalue weighted by molar-refractivity contribution is 6.08. The number of hydrogen-bond donors (Lipinski definition) is 3. The van der Waals surface area contributed by atoms with Crippen LogP contribution in [0, 0.1) is 19.3 Å². The van der Waals surface area contributed by atoms with Crippen molar-refractivity contribution >= 4 is 22.6 Å². The molecule has 0 spiro atoms. The number of fused-ring (bicyclic) bond motifs is 2. The molecule has 0 saturated carbocycles. The molecule has 0 fully saturated rings. The van der Waals surface area contributed by atoms with Crippen molar-refractivity contribution in [2.45, 2.75) is 13.8 Å². The molecule has 0 unspecified atom stereocenters. The van der Waals surface area contributed by atoms with Gasteiger partial charge in [0.25, 0.3) is 0 Å². The Morgan fingerprint density at radius 2 is 1.74 bits per heavy atom. The summed E-state index contributed by atoms with van der Waals surface area (Å²) in [6, 6.07) is 14.1. The summed E-state index contributed by atoms with van der Waals surface area (Å²) in [4.78, 5) is 11.8. The Labute approximate surface area is 155 Å². The Morgan fingerprint density at radius 1 is 1.00 bits per heavy atom. The van der Waals surface area contributed by atoms with Gasteiger partial charge in [-0.25, -0.2) is 4.79 Å². The number of benzene rings is 3. The lowest BCUT2D eigenvalue weighted by Crippen LogP contribution is -2.08. The van der Waals surface area contributed by atoms with Crippen LogP contribution in [0.4, 0.5) is 5.69 Å². The molecule has 134 valence electrons. The maximum atomic E-state index is 11.8. The lowest BCUT2D eigenvalue weighted by Gasteiger charge is -2.19. The molecule has 0 amide bonds. The largest absolute Gasteiger partial charge is 0.478 e. The second-order valence-corrected chi connectivity index (χ2v) is 6.60. The number of nitrogen functional groups attached to an aromatic ring is 1. The number of carboxylic acid groups (broad SMARTS) is 1. The van der Waals surface area contributed by atoms with Crippen molar-refractivity contribution < 1.29 is 14.3 Å². The zero-order valence-electron chi connectivity index (χ0n) is 15.0. The van der Waals surface area contributed by atoms with E-state index in [2.05, 4.69) is 0 Å². The highest BCUT2D eigenvalue weighted by Crippen LogP contribution is 2.43. The van der Waals surface area contributed by atoms with E-state index in [4.69, 9.17) is 15.6 Å². The first-order valence-electron chi connectivity index (χ1n) is 8.52. The third-order valence-corrected chi connectivity index (χ3v) is 5.02. The van der Waals surface area contributed by atoms with E-state index in [0.717, 1.165) is 22.1 Å². The zero-order chi connectivity index (χ0) is 19.3. The van der Waals surface area contributed by atoms with Crippen LogP contribution < -0.4 is 11.1 Å². The minimum atomic E-state index is -0.992. The average molecular weight is 358 g/mol. The monoisotopic (exact) mass is 358 g/mol. The van der Waals surface area contributed by atoms with E-state index in [-0.39, 0.29) is 5.56 Å². The highest BCUT2D eigenvalue weighted by Gasteiger charge is 2.23. The van der Waals surface area contributed by atoms with E-state index in [1.54, 1.807) is 30.3 Å². The topological polar surface area (TPSA) is 100 Å². The number of aryl methyl sites for hydroxylation is 1. The van der Waals surface area contributed by atoms with Gasteiger partial charge in [-0.15, -0.1) is 0 Å². The van der Waals surface area contributed by atoms with E-state index in [1.807, 2.05) is 32.0 Å². The van der Waals surface area contributed by atoms with Gasteiger partial charge in [-0.3, -0.25) is 0 Å². The van der Waals surface area contributed by atoms with Crippen molar-refractivity contribution in [2.75, 3.05) is 5.73 Å². The molecule has 4 N–H and O–H groups in total. The predicted molar refractivity (Wildman–Crippen MR) is 105 cm³/mol. The Morgan fingerprint density at radius 3 is 2.48 bits per heavy atom. The Balaban J connectivity index is 2.29. The molecule has 27 heavy (non-hydrogen) atoms. The van der Waals surface area contributed by atoms with Crippen molar-refractivity contribution in [1.29, 1.82) is 5.41 Å². The van der Waals surface area contributed by atoms with Gasteiger partial charge in [0, 0.05) is 33.3 Å². The highest BCUT2D eigenvalue weighted by atomic mass is 16.4. The lowest BCUT2D eigenvalue weighted by molar-refractivity contribution is 0.0697. The number of aromatic carboxylic acids is 1. The van der Waals surface area contributed by atoms with Gasteiger partial charge in [0.15, 0.2) is 0 Å². The van der Waals surface area contributed by atoms with Crippen LogP contribution >= 0.6 is 0 Å². The van der Waals surface area contributed by atoms with Crippen LogP contribution in [0.1, 0.15) is 21.5 Å². The van der Waals surface area contributed by atoms with Gasteiger partial charge in [0.2, 0.25) is 0 Å². The molecule has 1 aliphatic carbocycles. The molecule has 0 atom stereocenters. The fourth-order valence-corrected chi connectivity index (χ4v) is 3.48. The van der Waals surface area contributed by atoms with E-state index in [9.17, 15) is 9.90 Å². The number of carbonyl (C=O) groups is 1. The first kappa shape index (κ1) is 16.8. The molecule has 1 aliphatic heterocycles. The van der Waals surface area contributed by atoms with Crippen LogP contribution in [0.2, 0.25) is 0 Å². The summed E-state index contributed by atoms with van der Waals surface area (Å²) >= 11 is 0. The lowest BCUT2D eigenvalue weighted by atomic mass is 9.89. The quantitative estimate of drug-likeness (QED) is 0.360. The number of rotatable bonds is 2. The molecule has 0 radical (unpaired) electrons. The van der Waals surface area contributed by atoms with Crippen molar-refractivity contribution in [2.24, 2.45) is 0 Å². The van der Waals surface area contributed by atoms with Crippen LogP contribution in [0.15, 0.2) is 52.9 Å². The van der Waals surface area contributed by atoms with Gasteiger partial charge < -0.3 is 20.7 Å². The molecular weight excluding hydrogens is 340 g/mol. The molecule has 1 heterocycles. The van der Waals surface area contributed by atoms with Crippen molar-refractivity contribution in [1.82, 2.24) is 0 Å². The van der Waals surface area contributed by atoms with Gasteiger partial charge in [0.1, 0.15) is 11.3 Å². The number of carboxylic acids is 1. The molecule has 0 saturated heterocycles. The van der Waals surface area contributed by atoms with Gasteiger partial charge in [-0.2, -0.15) is 0 Å². The summed E-state index contributed by atoms with van der Waals surface area (Å²) < 4.78 is 6.18. The maximum Gasteiger partial charge on any atom is 0.336 e. The Kier molecular flexibility index (Phi) is 3.73. The van der Waals surface area contributed by atoms with Gasteiger partial charge in [-0.05, 0) is 49.7 Å². The smallest absolute Gasteiger partial charge is 0.336 e. The summed E-state index contributed by atoms with van der Waals surface area (Å²) in [5.74, 6) is -0.424. The predicted octanol–water partition coefficient (Wildman–Crippen LogP) is 4.58. The molecule has 2 aromatic rings. The molecule has 4 rings (SSSR count). The minimum absolute atomic E-state index is 0.216. The number of nitrogens with one attached hydrogen (secondary N) is 1. The van der Waals surface area contributed by atoms with Crippen LogP contribution in [0.5, 0.6) is 0 Å². The van der Waals surface area contributed by atoms with Crippen LogP contribution in [0.3, 0.4) is 0 Å². The molecule has 5 nitrogen and oxygen atoms in total.